The smallest absolute Gasteiger partial charge is 0.289 e. The van der Waals surface area contributed by atoms with Crippen molar-refractivity contribution in [3.63, 3.8) is 0 Å². The molecule has 1 fully saturated rings. The number of likely N-dealkylation sites (tertiary alicyclic amines) is 1. The van der Waals surface area contributed by atoms with Gasteiger partial charge in [0, 0.05) is 12.6 Å². The van der Waals surface area contributed by atoms with Gasteiger partial charge in [-0.1, -0.05) is 35.5 Å². The summed E-state index contributed by atoms with van der Waals surface area (Å²) in [5.74, 6) is 1.83. The molecule has 1 amide bonds. The molecule has 27 heavy (non-hydrogen) atoms. The predicted octanol–water partition coefficient (Wildman–Crippen LogP) is 3.20. The average molecular weight is 366 g/mol. The summed E-state index contributed by atoms with van der Waals surface area (Å²) in [6.07, 6.45) is 2.45. The second-order valence-electron chi connectivity index (χ2n) is 6.79. The second-order valence-corrected chi connectivity index (χ2v) is 6.79. The number of furan rings is 1. The predicted molar refractivity (Wildman–Crippen MR) is 98.8 cm³/mol. The molecule has 7 nitrogen and oxygen atoms in total. The largest absolute Gasteiger partial charge is 0.455 e. The van der Waals surface area contributed by atoms with E-state index in [4.69, 9.17) is 8.94 Å². The highest BCUT2D eigenvalue weighted by Gasteiger charge is 2.20. The van der Waals surface area contributed by atoms with Crippen LogP contribution in [0.1, 0.15) is 35.0 Å². The Morgan fingerprint density at radius 1 is 1.15 bits per heavy atom. The summed E-state index contributed by atoms with van der Waals surface area (Å²) in [5, 5.41) is 3.98. The topological polar surface area (TPSA) is 75.6 Å². The van der Waals surface area contributed by atoms with Gasteiger partial charge in [-0.15, -0.1) is 0 Å². The van der Waals surface area contributed by atoms with Gasteiger partial charge in [0.1, 0.15) is 12.3 Å². The van der Waals surface area contributed by atoms with Gasteiger partial charge in [0.2, 0.25) is 11.7 Å². The van der Waals surface area contributed by atoms with Crippen LogP contribution >= 0.6 is 0 Å². The van der Waals surface area contributed by atoms with E-state index in [1.54, 1.807) is 13.1 Å². The van der Waals surface area contributed by atoms with Crippen molar-refractivity contribution in [1.29, 1.82) is 0 Å². The highest BCUT2D eigenvalue weighted by Crippen LogP contribution is 2.18. The maximum absolute atomic E-state index is 12.6. The van der Waals surface area contributed by atoms with Crippen molar-refractivity contribution in [2.75, 3.05) is 20.1 Å². The number of nitrogens with zero attached hydrogens (tertiary/aromatic N) is 4. The van der Waals surface area contributed by atoms with Crippen molar-refractivity contribution in [2.24, 2.45) is 0 Å². The summed E-state index contributed by atoms with van der Waals surface area (Å²) in [5.41, 5.74) is 0.874. The number of hydrogen-bond acceptors (Lipinski definition) is 6. The molecule has 0 N–H and O–H groups in total. The minimum atomic E-state index is -0.206. The number of carbonyl (C=O) groups is 1. The minimum absolute atomic E-state index is 0.206. The van der Waals surface area contributed by atoms with Crippen molar-refractivity contribution in [2.45, 2.75) is 25.9 Å². The first-order valence-electron chi connectivity index (χ1n) is 9.13. The summed E-state index contributed by atoms with van der Waals surface area (Å²) >= 11 is 0. The van der Waals surface area contributed by atoms with Gasteiger partial charge in [-0.2, -0.15) is 4.98 Å². The molecule has 0 atom stereocenters. The van der Waals surface area contributed by atoms with Gasteiger partial charge >= 0.3 is 0 Å². The van der Waals surface area contributed by atoms with Gasteiger partial charge in [0.25, 0.3) is 5.91 Å². The molecular formula is C20H22N4O3. The Kier molecular flexibility index (Phi) is 5.02. The molecular weight excluding hydrogens is 344 g/mol. The van der Waals surface area contributed by atoms with Crippen LogP contribution in [0, 0.1) is 0 Å². The molecule has 140 valence electrons. The van der Waals surface area contributed by atoms with E-state index in [9.17, 15) is 4.79 Å². The Balaban J connectivity index is 1.38. The molecule has 0 saturated carbocycles. The first-order valence-corrected chi connectivity index (χ1v) is 9.13. The van der Waals surface area contributed by atoms with Crippen LogP contribution in [0.3, 0.4) is 0 Å². The fraction of sp³-hybridized carbons (Fsp3) is 0.350. The van der Waals surface area contributed by atoms with E-state index in [1.165, 1.54) is 17.7 Å². The van der Waals surface area contributed by atoms with E-state index < -0.39 is 0 Å². The fourth-order valence-electron chi connectivity index (χ4n) is 3.23. The monoisotopic (exact) mass is 366 g/mol. The van der Waals surface area contributed by atoms with Gasteiger partial charge in [0.05, 0.1) is 6.54 Å². The standard InChI is InChI=1S/C20H22N4O3/c1-23(14-18-21-19(22-27-18)15-7-3-2-4-8-15)20(25)17-10-9-16(26-17)13-24-11-5-6-12-24/h2-4,7-10H,5-6,11-14H2,1H3. The highest BCUT2D eigenvalue weighted by atomic mass is 16.5. The molecule has 1 aliphatic rings. The molecule has 0 aliphatic carbocycles. The Labute approximate surface area is 157 Å². The van der Waals surface area contributed by atoms with Gasteiger partial charge in [0.15, 0.2) is 5.76 Å². The maximum Gasteiger partial charge on any atom is 0.289 e. The van der Waals surface area contributed by atoms with E-state index in [0.29, 0.717) is 17.5 Å². The lowest BCUT2D eigenvalue weighted by Crippen LogP contribution is -2.26. The molecule has 0 spiro atoms. The second kappa shape index (κ2) is 7.75. The summed E-state index contributed by atoms with van der Waals surface area (Å²) in [6, 6.07) is 13.2. The van der Waals surface area contributed by atoms with Crippen LogP contribution < -0.4 is 0 Å². The van der Waals surface area contributed by atoms with E-state index in [2.05, 4.69) is 15.0 Å². The summed E-state index contributed by atoms with van der Waals surface area (Å²) < 4.78 is 11.0. The molecule has 1 aromatic carbocycles. The molecule has 0 radical (unpaired) electrons. The molecule has 3 heterocycles. The minimum Gasteiger partial charge on any atom is -0.455 e. The quantitative estimate of drug-likeness (QED) is 0.667. The number of hydrogen-bond donors (Lipinski definition) is 0. The lowest BCUT2D eigenvalue weighted by Gasteiger charge is -2.13. The molecule has 4 rings (SSSR count). The molecule has 3 aromatic rings. The summed E-state index contributed by atoms with van der Waals surface area (Å²) in [4.78, 5) is 20.8. The van der Waals surface area contributed by atoms with Crippen LogP contribution in [-0.2, 0) is 13.1 Å². The van der Waals surface area contributed by atoms with E-state index in [0.717, 1.165) is 31.0 Å². The van der Waals surface area contributed by atoms with Gasteiger partial charge < -0.3 is 13.8 Å². The third-order valence-corrected chi connectivity index (χ3v) is 4.67. The number of benzene rings is 1. The Morgan fingerprint density at radius 2 is 1.93 bits per heavy atom. The van der Waals surface area contributed by atoms with E-state index in [1.807, 2.05) is 36.4 Å². The fourth-order valence-corrected chi connectivity index (χ4v) is 3.23. The summed E-state index contributed by atoms with van der Waals surface area (Å²) in [7, 11) is 1.69. The average Bonchev–Trinajstić information content (AvgIpc) is 3.44. The molecule has 0 bridgehead atoms. The van der Waals surface area contributed by atoms with Crippen LogP contribution in [0.5, 0.6) is 0 Å². The normalized spacial score (nSPS) is 14.6. The van der Waals surface area contributed by atoms with Crippen molar-refractivity contribution in [3.05, 3.63) is 59.9 Å². The SMILES string of the molecule is CN(Cc1nc(-c2ccccc2)no1)C(=O)c1ccc(CN2CCCC2)o1. The summed E-state index contributed by atoms with van der Waals surface area (Å²) in [6.45, 7) is 3.15. The molecule has 1 saturated heterocycles. The van der Waals surface area contributed by atoms with Crippen LogP contribution in [0.25, 0.3) is 11.4 Å². The van der Waals surface area contributed by atoms with Crippen LogP contribution in [-0.4, -0.2) is 46.0 Å². The van der Waals surface area contributed by atoms with Crippen molar-refractivity contribution in [3.8, 4) is 11.4 Å². The highest BCUT2D eigenvalue weighted by molar-refractivity contribution is 5.91. The Morgan fingerprint density at radius 3 is 2.70 bits per heavy atom. The van der Waals surface area contributed by atoms with E-state index >= 15 is 0 Å². The Hall–Kier alpha value is -2.93. The number of rotatable bonds is 6. The van der Waals surface area contributed by atoms with Crippen molar-refractivity contribution >= 4 is 5.91 Å². The first-order chi connectivity index (χ1) is 13.2. The van der Waals surface area contributed by atoms with Crippen LogP contribution in [0.15, 0.2) is 51.4 Å². The van der Waals surface area contributed by atoms with Gasteiger partial charge in [-0.05, 0) is 38.1 Å². The number of carbonyl (C=O) groups excluding carboxylic acids is 1. The zero-order valence-corrected chi connectivity index (χ0v) is 15.3. The van der Waals surface area contributed by atoms with Crippen molar-refractivity contribution in [1.82, 2.24) is 19.9 Å². The van der Waals surface area contributed by atoms with E-state index in [-0.39, 0.29) is 12.5 Å². The third kappa shape index (κ3) is 4.09. The van der Waals surface area contributed by atoms with Crippen LogP contribution in [0.4, 0.5) is 0 Å². The van der Waals surface area contributed by atoms with Gasteiger partial charge in [-0.3, -0.25) is 9.69 Å². The number of aromatic nitrogens is 2. The maximum atomic E-state index is 12.6. The number of amides is 1. The molecule has 7 heteroatoms. The lowest BCUT2D eigenvalue weighted by molar-refractivity contribution is 0.0734. The molecule has 2 aromatic heterocycles. The third-order valence-electron chi connectivity index (χ3n) is 4.67. The van der Waals surface area contributed by atoms with Crippen molar-refractivity contribution < 1.29 is 13.7 Å². The zero-order valence-electron chi connectivity index (χ0n) is 15.3. The van der Waals surface area contributed by atoms with Gasteiger partial charge in [-0.25, -0.2) is 0 Å². The Bertz CT molecular complexity index is 897. The van der Waals surface area contributed by atoms with Crippen LogP contribution in [0.2, 0.25) is 0 Å². The molecule has 1 aliphatic heterocycles. The zero-order chi connectivity index (χ0) is 18.6. The lowest BCUT2D eigenvalue weighted by atomic mass is 10.2. The first kappa shape index (κ1) is 17.5. The molecule has 0 unspecified atom stereocenters.